The summed E-state index contributed by atoms with van der Waals surface area (Å²) in [6.45, 7) is 6.92. The maximum absolute atomic E-state index is 10.3. The van der Waals surface area contributed by atoms with Gasteiger partial charge in [-0.3, -0.25) is 4.90 Å². The first-order valence-electron chi connectivity index (χ1n) is 7.44. The van der Waals surface area contributed by atoms with Crippen LogP contribution in [0.4, 0.5) is 0 Å². The number of likely N-dealkylation sites (tertiary alicyclic amines) is 1. The molecule has 3 fully saturated rings. The molecule has 0 radical (unpaired) electrons. The van der Waals surface area contributed by atoms with Gasteiger partial charge in [-0.2, -0.15) is 0 Å². The molecule has 98 valence electrons. The Morgan fingerprint density at radius 1 is 1.24 bits per heavy atom. The average molecular weight is 238 g/mol. The molecule has 3 heteroatoms. The molecular formula is C14H26N2O. The van der Waals surface area contributed by atoms with Crippen LogP contribution in [0.5, 0.6) is 0 Å². The van der Waals surface area contributed by atoms with Crippen molar-refractivity contribution in [1.29, 1.82) is 0 Å². The summed E-state index contributed by atoms with van der Waals surface area (Å²) in [5, 5.41) is 13.7. The van der Waals surface area contributed by atoms with Crippen molar-refractivity contribution in [2.45, 2.75) is 44.8 Å². The van der Waals surface area contributed by atoms with Gasteiger partial charge in [0.05, 0.1) is 6.10 Å². The van der Waals surface area contributed by atoms with E-state index in [2.05, 4.69) is 17.1 Å². The summed E-state index contributed by atoms with van der Waals surface area (Å²) in [7, 11) is 0. The molecule has 0 amide bonds. The number of fused-ring (bicyclic) bond motifs is 1. The Balaban J connectivity index is 1.46. The smallest absolute Gasteiger partial charge is 0.0726 e. The largest absolute Gasteiger partial charge is 0.391 e. The number of hydrogen-bond donors (Lipinski definition) is 2. The van der Waals surface area contributed by atoms with E-state index in [9.17, 15) is 5.11 Å². The van der Waals surface area contributed by atoms with Crippen LogP contribution in [-0.2, 0) is 0 Å². The van der Waals surface area contributed by atoms with Crippen molar-refractivity contribution in [2.24, 2.45) is 17.8 Å². The number of nitrogens with zero attached hydrogens (tertiary/aromatic N) is 1. The van der Waals surface area contributed by atoms with Crippen LogP contribution >= 0.6 is 0 Å². The van der Waals surface area contributed by atoms with Crippen LogP contribution in [0.3, 0.4) is 0 Å². The summed E-state index contributed by atoms with van der Waals surface area (Å²) in [5.41, 5.74) is 0. The van der Waals surface area contributed by atoms with Crippen LogP contribution in [0.25, 0.3) is 0 Å². The lowest BCUT2D eigenvalue weighted by atomic mass is 9.88. The van der Waals surface area contributed by atoms with Gasteiger partial charge in [-0.1, -0.05) is 6.92 Å². The molecule has 3 nitrogen and oxygen atoms in total. The van der Waals surface area contributed by atoms with Crippen molar-refractivity contribution in [2.75, 3.05) is 26.2 Å². The van der Waals surface area contributed by atoms with Crippen LogP contribution in [0.2, 0.25) is 0 Å². The minimum Gasteiger partial charge on any atom is -0.391 e. The number of nitrogens with one attached hydrogen (secondary N) is 1. The highest BCUT2D eigenvalue weighted by Gasteiger charge is 2.58. The van der Waals surface area contributed by atoms with Crippen molar-refractivity contribution in [1.82, 2.24) is 10.2 Å². The van der Waals surface area contributed by atoms with Gasteiger partial charge in [0.15, 0.2) is 0 Å². The number of aliphatic hydroxyl groups is 1. The monoisotopic (exact) mass is 238 g/mol. The molecule has 17 heavy (non-hydrogen) atoms. The van der Waals surface area contributed by atoms with E-state index in [0.29, 0.717) is 12.0 Å². The molecule has 2 bridgehead atoms. The Bertz CT molecular complexity index is 269. The SMILES string of the molecule is CCCNCCCN1CC2CC3CC2C1C3O. The van der Waals surface area contributed by atoms with Gasteiger partial charge in [-0.15, -0.1) is 0 Å². The summed E-state index contributed by atoms with van der Waals surface area (Å²) in [6.07, 6.45) is 5.04. The lowest BCUT2D eigenvalue weighted by Crippen LogP contribution is -2.41. The number of rotatable bonds is 6. The second-order valence-corrected chi connectivity index (χ2v) is 6.24. The maximum atomic E-state index is 10.3. The fourth-order valence-electron chi connectivity index (χ4n) is 4.50. The lowest BCUT2D eigenvalue weighted by molar-refractivity contribution is 0.0507. The average Bonchev–Trinajstić information content (AvgIpc) is 2.90. The van der Waals surface area contributed by atoms with Gasteiger partial charge in [0.2, 0.25) is 0 Å². The third kappa shape index (κ3) is 2.02. The molecule has 2 saturated carbocycles. The molecule has 1 aliphatic heterocycles. The molecule has 3 aliphatic rings. The van der Waals surface area contributed by atoms with Crippen molar-refractivity contribution in [3.63, 3.8) is 0 Å². The fraction of sp³-hybridized carbons (Fsp3) is 1.00. The summed E-state index contributed by atoms with van der Waals surface area (Å²) in [5.74, 6) is 2.38. The number of hydrogen-bond acceptors (Lipinski definition) is 3. The molecule has 0 aromatic rings. The standard InChI is InChI=1S/C14H26N2O/c1-2-4-15-5-3-6-16-9-11-7-10-8-12(11)13(16)14(10)17/h10-15,17H,2-9H2,1H3. The van der Waals surface area contributed by atoms with Crippen LogP contribution in [0.15, 0.2) is 0 Å². The summed E-state index contributed by atoms with van der Waals surface area (Å²) >= 11 is 0. The van der Waals surface area contributed by atoms with E-state index in [1.54, 1.807) is 0 Å². The predicted molar refractivity (Wildman–Crippen MR) is 68.8 cm³/mol. The normalized spacial score (nSPS) is 43.8. The maximum Gasteiger partial charge on any atom is 0.0726 e. The Morgan fingerprint density at radius 3 is 2.88 bits per heavy atom. The van der Waals surface area contributed by atoms with Gasteiger partial charge in [0.25, 0.3) is 0 Å². The zero-order valence-corrected chi connectivity index (χ0v) is 10.9. The molecule has 2 aliphatic carbocycles. The second kappa shape index (κ2) is 4.87. The summed E-state index contributed by atoms with van der Waals surface area (Å²) < 4.78 is 0. The molecule has 0 aromatic heterocycles. The van der Waals surface area contributed by atoms with Gasteiger partial charge < -0.3 is 10.4 Å². The van der Waals surface area contributed by atoms with E-state index >= 15 is 0 Å². The van der Waals surface area contributed by atoms with E-state index in [1.165, 1.54) is 38.8 Å². The minimum absolute atomic E-state index is 0.0117. The topological polar surface area (TPSA) is 35.5 Å². The first-order chi connectivity index (χ1) is 8.31. The first-order valence-corrected chi connectivity index (χ1v) is 7.44. The van der Waals surface area contributed by atoms with Crippen LogP contribution in [0, 0.1) is 17.8 Å². The van der Waals surface area contributed by atoms with Crippen molar-refractivity contribution in [3.8, 4) is 0 Å². The van der Waals surface area contributed by atoms with Crippen LogP contribution in [-0.4, -0.2) is 48.3 Å². The zero-order chi connectivity index (χ0) is 11.8. The van der Waals surface area contributed by atoms with E-state index in [0.717, 1.165) is 24.9 Å². The van der Waals surface area contributed by atoms with Crippen molar-refractivity contribution >= 4 is 0 Å². The van der Waals surface area contributed by atoms with E-state index in [4.69, 9.17) is 0 Å². The predicted octanol–water partition coefficient (Wildman–Crippen LogP) is 1.08. The van der Waals surface area contributed by atoms with Crippen molar-refractivity contribution in [3.05, 3.63) is 0 Å². The molecule has 0 spiro atoms. The number of aliphatic hydroxyl groups excluding tert-OH is 1. The van der Waals surface area contributed by atoms with Gasteiger partial charge in [-0.05, 0) is 63.1 Å². The molecule has 5 atom stereocenters. The third-order valence-electron chi connectivity index (χ3n) is 5.17. The van der Waals surface area contributed by atoms with Gasteiger partial charge >= 0.3 is 0 Å². The van der Waals surface area contributed by atoms with Gasteiger partial charge in [0, 0.05) is 12.6 Å². The molecule has 0 aromatic carbocycles. The molecule has 5 unspecified atom stereocenters. The summed E-state index contributed by atoms with van der Waals surface area (Å²) in [6, 6.07) is 0.518. The first kappa shape index (κ1) is 11.9. The lowest BCUT2D eigenvalue weighted by Gasteiger charge is -2.28. The molecule has 1 saturated heterocycles. The fourth-order valence-corrected chi connectivity index (χ4v) is 4.50. The van der Waals surface area contributed by atoms with Gasteiger partial charge in [-0.25, -0.2) is 0 Å². The van der Waals surface area contributed by atoms with E-state index < -0.39 is 0 Å². The van der Waals surface area contributed by atoms with E-state index in [-0.39, 0.29) is 6.10 Å². The molecule has 3 rings (SSSR count). The minimum atomic E-state index is -0.0117. The van der Waals surface area contributed by atoms with Crippen LogP contribution < -0.4 is 5.32 Å². The second-order valence-electron chi connectivity index (χ2n) is 6.24. The third-order valence-corrected chi connectivity index (χ3v) is 5.17. The Hall–Kier alpha value is -0.120. The zero-order valence-electron chi connectivity index (χ0n) is 10.9. The van der Waals surface area contributed by atoms with Gasteiger partial charge in [0.1, 0.15) is 0 Å². The summed E-state index contributed by atoms with van der Waals surface area (Å²) in [4.78, 5) is 2.58. The highest BCUT2D eigenvalue weighted by molar-refractivity contribution is 5.10. The highest BCUT2D eigenvalue weighted by atomic mass is 16.3. The molecular weight excluding hydrogens is 212 g/mol. The quantitative estimate of drug-likeness (QED) is 0.680. The van der Waals surface area contributed by atoms with Crippen molar-refractivity contribution < 1.29 is 5.11 Å². The Morgan fingerprint density at radius 2 is 2.12 bits per heavy atom. The highest BCUT2D eigenvalue weighted by Crippen LogP contribution is 2.54. The van der Waals surface area contributed by atoms with Crippen LogP contribution in [0.1, 0.15) is 32.6 Å². The molecule has 1 heterocycles. The molecule has 2 N–H and O–H groups in total. The Labute approximate surface area is 105 Å². The van der Waals surface area contributed by atoms with E-state index in [1.807, 2.05) is 0 Å². The Kier molecular flexibility index (Phi) is 3.42.